The van der Waals surface area contributed by atoms with Gasteiger partial charge in [0.15, 0.2) is 12.4 Å². The number of aryl methyl sites for hydroxylation is 2. The molecule has 1 aromatic carbocycles. The zero-order chi connectivity index (χ0) is 18.1. The number of aromatic nitrogens is 6. The van der Waals surface area contributed by atoms with Gasteiger partial charge in [0.25, 0.3) is 0 Å². The Bertz CT molecular complexity index is 1080. The molecular formula is C18H16N6O2. The minimum Gasteiger partial charge on any atom is -0.454 e. The van der Waals surface area contributed by atoms with Crippen LogP contribution in [0.1, 0.15) is 27.3 Å². The summed E-state index contributed by atoms with van der Waals surface area (Å²) >= 11 is 0. The van der Waals surface area contributed by atoms with Crippen molar-refractivity contribution in [3.05, 3.63) is 71.6 Å². The number of imidazole rings is 1. The minimum atomic E-state index is -0.440. The van der Waals surface area contributed by atoms with Crippen molar-refractivity contribution in [1.82, 2.24) is 29.6 Å². The van der Waals surface area contributed by atoms with Crippen molar-refractivity contribution < 1.29 is 9.53 Å². The number of fused-ring (bicyclic) bond motifs is 1. The standard InChI is InChI=1S/C18H16N6O2/c1-12-4-3-5-13(2)17(12)24-16(20-21-22-24)10-26-18(25)14-6-7-23-11-19-9-15(23)8-14/h3-9,11H,10H2,1-2H3. The Morgan fingerprint density at radius 1 is 1.19 bits per heavy atom. The number of hydrogen-bond donors (Lipinski definition) is 0. The lowest BCUT2D eigenvalue weighted by molar-refractivity contribution is 0.0459. The molecule has 0 unspecified atom stereocenters. The molecule has 0 spiro atoms. The van der Waals surface area contributed by atoms with Crippen LogP contribution in [0.3, 0.4) is 0 Å². The van der Waals surface area contributed by atoms with Crippen molar-refractivity contribution in [2.45, 2.75) is 20.5 Å². The van der Waals surface area contributed by atoms with Crippen LogP contribution in [0.4, 0.5) is 0 Å². The molecule has 0 aliphatic rings. The van der Waals surface area contributed by atoms with Gasteiger partial charge in [-0.05, 0) is 47.5 Å². The number of para-hydroxylation sites is 1. The molecule has 26 heavy (non-hydrogen) atoms. The number of carbonyl (C=O) groups excluding carboxylic acids is 1. The lowest BCUT2D eigenvalue weighted by Crippen LogP contribution is -2.11. The van der Waals surface area contributed by atoms with Crippen molar-refractivity contribution in [3.63, 3.8) is 0 Å². The quantitative estimate of drug-likeness (QED) is 0.526. The number of hydrogen-bond acceptors (Lipinski definition) is 6. The Balaban J connectivity index is 1.55. The maximum Gasteiger partial charge on any atom is 0.338 e. The van der Waals surface area contributed by atoms with Crippen molar-refractivity contribution in [2.75, 3.05) is 0 Å². The highest BCUT2D eigenvalue weighted by Gasteiger charge is 2.15. The normalized spacial score (nSPS) is 11.0. The molecule has 0 radical (unpaired) electrons. The Morgan fingerprint density at radius 3 is 2.81 bits per heavy atom. The molecule has 0 aliphatic heterocycles. The van der Waals surface area contributed by atoms with Crippen molar-refractivity contribution >= 4 is 11.5 Å². The van der Waals surface area contributed by atoms with Gasteiger partial charge in [-0.15, -0.1) is 5.10 Å². The van der Waals surface area contributed by atoms with E-state index in [-0.39, 0.29) is 6.61 Å². The lowest BCUT2D eigenvalue weighted by Gasteiger charge is -2.11. The van der Waals surface area contributed by atoms with Crippen LogP contribution in [-0.4, -0.2) is 35.6 Å². The van der Waals surface area contributed by atoms with Gasteiger partial charge in [0.1, 0.15) is 0 Å². The molecule has 3 heterocycles. The Labute approximate surface area is 149 Å². The van der Waals surface area contributed by atoms with Crippen LogP contribution >= 0.6 is 0 Å². The third-order valence-corrected chi connectivity index (χ3v) is 4.17. The second-order valence-corrected chi connectivity index (χ2v) is 5.96. The monoisotopic (exact) mass is 348 g/mol. The zero-order valence-electron chi connectivity index (χ0n) is 14.3. The third-order valence-electron chi connectivity index (χ3n) is 4.17. The van der Waals surface area contributed by atoms with Crippen LogP contribution < -0.4 is 0 Å². The maximum absolute atomic E-state index is 12.4. The van der Waals surface area contributed by atoms with E-state index >= 15 is 0 Å². The van der Waals surface area contributed by atoms with Crippen molar-refractivity contribution in [2.24, 2.45) is 0 Å². The summed E-state index contributed by atoms with van der Waals surface area (Å²) in [6.07, 6.45) is 5.11. The van der Waals surface area contributed by atoms with Crippen LogP contribution in [-0.2, 0) is 11.3 Å². The van der Waals surface area contributed by atoms with Gasteiger partial charge < -0.3 is 9.14 Å². The second kappa shape index (κ2) is 6.40. The zero-order valence-corrected chi connectivity index (χ0v) is 14.3. The van der Waals surface area contributed by atoms with E-state index in [1.165, 1.54) is 0 Å². The summed E-state index contributed by atoms with van der Waals surface area (Å²) < 4.78 is 8.83. The van der Waals surface area contributed by atoms with Crippen LogP contribution in [0.15, 0.2) is 49.1 Å². The molecule has 0 saturated carbocycles. The van der Waals surface area contributed by atoms with E-state index in [4.69, 9.17) is 4.74 Å². The molecule has 0 amide bonds. The second-order valence-electron chi connectivity index (χ2n) is 5.96. The van der Waals surface area contributed by atoms with E-state index in [0.29, 0.717) is 11.4 Å². The van der Waals surface area contributed by atoms with Gasteiger partial charge in [-0.1, -0.05) is 18.2 Å². The Hall–Kier alpha value is -3.55. The van der Waals surface area contributed by atoms with E-state index in [2.05, 4.69) is 20.5 Å². The molecule has 4 rings (SSSR count). The summed E-state index contributed by atoms with van der Waals surface area (Å²) in [4.78, 5) is 16.4. The number of tetrazole rings is 1. The van der Waals surface area contributed by atoms with Gasteiger partial charge in [0, 0.05) is 6.20 Å². The Kier molecular flexibility index (Phi) is 3.92. The number of pyridine rings is 1. The van der Waals surface area contributed by atoms with Gasteiger partial charge in [0.2, 0.25) is 0 Å². The molecule has 0 bridgehead atoms. The summed E-state index contributed by atoms with van der Waals surface area (Å²) in [6.45, 7) is 3.95. The van der Waals surface area contributed by atoms with Crippen LogP contribution in [0.2, 0.25) is 0 Å². The molecule has 130 valence electrons. The first-order valence-electron chi connectivity index (χ1n) is 8.06. The fourth-order valence-corrected chi connectivity index (χ4v) is 2.87. The van der Waals surface area contributed by atoms with Gasteiger partial charge >= 0.3 is 5.97 Å². The molecule has 4 aromatic rings. The summed E-state index contributed by atoms with van der Waals surface area (Å²) in [7, 11) is 0. The number of nitrogens with zero attached hydrogens (tertiary/aromatic N) is 6. The average molecular weight is 348 g/mol. The van der Waals surface area contributed by atoms with Gasteiger partial charge in [-0.25, -0.2) is 9.78 Å². The fourth-order valence-electron chi connectivity index (χ4n) is 2.87. The predicted octanol–water partition coefficient (Wildman–Crippen LogP) is 2.28. The number of esters is 1. The smallest absolute Gasteiger partial charge is 0.338 e. The first kappa shape index (κ1) is 15.9. The molecule has 0 atom stereocenters. The lowest BCUT2D eigenvalue weighted by atomic mass is 10.1. The molecule has 3 aromatic heterocycles. The minimum absolute atomic E-state index is 0.0238. The van der Waals surface area contributed by atoms with E-state index < -0.39 is 5.97 Å². The molecule has 8 heteroatoms. The SMILES string of the molecule is Cc1cccc(C)c1-n1nnnc1COC(=O)c1ccn2cncc2c1. The van der Waals surface area contributed by atoms with E-state index in [0.717, 1.165) is 22.3 Å². The number of benzene rings is 1. The fraction of sp³-hybridized carbons (Fsp3) is 0.167. The summed E-state index contributed by atoms with van der Waals surface area (Å²) in [5.74, 6) is 0.0194. The van der Waals surface area contributed by atoms with Crippen molar-refractivity contribution in [1.29, 1.82) is 0 Å². The highest BCUT2D eigenvalue weighted by atomic mass is 16.5. The summed E-state index contributed by atoms with van der Waals surface area (Å²) in [5, 5.41) is 11.8. The average Bonchev–Trinajstić information content (AvgIpc) is 3.28. The van der Waals surface area contributed by atoms with Crippen molar-refractivity contribution in [3.8, 4) is 5.69 Å². The van der Waals surface area contributed by atoms with E-state index in [1.54, 1.807) is 35.5 Å². The highest BCUT2D eigenvalue weighted by Crippen LogP contribution is 2.19. The first-order valence-corrected chi connectivity index (χ1v) is 8.06. The molecule has 0 aliphatic carbocycles. The molecule has 8 nitrogen and oxygen atoms in total. The van der Waals surface area contributed by atoms with Gasteiger partial charge in [-0.3, -0.25) is 0 Å². The number of ether oxygens (including phenoxy) is 1. The van der Waals surface area contributed by atoms with Crippen LogP contribution in [0.5, 0.6) is 0 Å². The van der Waals surface area contributed by atoms with Crippen LogP contribution in [0.25, 0.3) is 11.2 Å². The molecule has 0 N–H and O–H groups in total. The topological polar surface area (TPSA) is 87.2 Å². The summed E-state index contributed by atoms with van der Waals surface area (Å²) in [6, 6.07) is 9.36. The predicted molar refractivity (Wildman–Crippen MR) is 92.9 cm³/mol. The maximum atomic E-state index is 12.4. The first-order chi connectivity index (χ1) is 12.6. The third kappa shape index (κ3) is 2.81. The summed E-state index contributed by atoms with van der Waals surface area (Å²) in [5.41, 5.74) is 4.24. The van der Waals surface area contributed by atoms with E-state index in [9.17, 15) is 4.79 Å². The Morgan fingerprint density at radius 2 is 2.00 bits per heavy atom. The molecule has 0 fully saturated rings. The molecule has 0 saturated heterocycles. The number of carbonyl (C=O) groups is 1. The van der Waals surface area contributed by atoms with E-state index in [1.807, 2.05) is 36.4 Å². The largest absolute Gasteiger partial charge is 0.454 e. The number of rotatable bonds is 4. The highest BCUT2D eigenvalue weighted by molar-refractivity contribution is 5.90. The van der Waals surface area contributed by atoms with Gasteiger partial charge in [0.05, 0.1) is 29.3 Å². The van der Waals surface area contributed by atoms with Gasteiger partial charge in [-0.2, -0.15) is 4.68 Å². The molecular weight excluding hydrogens is 332 g/mol. The van der Waals surface area contributed by atoms with Crippen LogP contribution in [0, 0.1) is 13.8 Å².